The van der Waals surface area contributed by atoms with Gasteiger partial charge in [0.25, 0.3) is 0 Å². The second-order valence-corrected chi connectivity index (χ2v) is 5.33. The SMILES string of the molecule is O=C1CC(CBr)CN1Cc1ccc2c(c1)OCO2. The first-order chi connectivity index (χ1) is 8.76. The Kier molecular flexibility index (Phi) is 3.16. The molecule has 1 aromatic carbocycles. The highest BCUT2D eigenvalue weighted by Crippen LogP contribution is 2.33. The number of hydrogen-bond donors (Lipinski definition) is 0. The van der Waals surface area contributed by atoms with Gasteiger partial charge in [-0.15, -0.1) is 0 Å². The van der Waals surface area contributed by atoms with Crippen LogP contribution in [-0.4, -0.2) is 29.5 Å². The van der Waals surface area contributed by atoms with Crippen LogP contribution in [0.3, 0.4) is 0 Å². The van der Waals surface area contributed by atoms with Crippen LogP contribution in [0.2, 0.25) is 0 Å². The summed E-state index contributed by atoms with van der Waals surface area (Å²) in [4.78, 5) is 13.7. The van der Waals surface area contributed by atoms with Crippen molar-refractivity contribution in [2.24, 2.45) is 5.92 Å². The number of rotatable bonds is 3. The van der Waals surface area contributed by atoms with Crippen LogP contribution in [0.5, 0.6) is 11.5 Å². The van der Waals surface area contributed by atoms with Gasteiger partial charge in [0.2, 0.25) is 12.7 Å². The summed E-state index contributed by atoms with van der Waals surface area (Å²) >= 11 is 3.44. The maximum atomic E-state index is 11.8. The Balaban J connectivity index is 1.71. The quantitative estimate of drug-likeness (QED) is 0.803. The second-order valence-electron chi connectivity index (χ2n) is 4.69. The molecule has 0 saturated carbocycles. The van der Waals surface area contributed by atoms with Crippen molar-refractivity contribution in [1.82, 2.24) is 4.90 Å². The van der Waals surface area contributed by atoms with Crippen molar-refractivity contribution in [1.29, 1.82) is 0 Å². The van der Waals surface area contributed by atoms with Gasteiger partial charge in [-0.05, 0) is 23.6 Å². The first kappa shape index (κ1) is 11.8. The highest BCUT2D eigenvalue weighted by atomic mass is 79.9. The lowest BCUT2D eigenvalue weighted by Crippen LogP contribution is -2.24. The highest BCUT2D eigenvalue weighted by Gasteiger charge is 2.28. The number of amides is 1. The predicted molar refractivity (Wildman–Crippen MR) is 69.9 cm³/mol. The van der Waals surface area contributed by atoms with Crippen molar-refractivity contribution in [2.45, 2.75) is 13.0 Å². The van der Waals surface area contributed by atoms with E-state index in [2.05, 4.69) is 15.9 Å². The largest absolute Gasteiger partial charge is 0.454 e. The smallest absolute Gasteiger partial charge is 0.231 e. The zero-order chi connectivity index (χ0) is 12.5. The fourth-order valence-corrected chi connectivity index (χ4v) is 2.80. The lowest BCUT2D eigenvalue weighted by atomic mass is 10.1. The van der Waals surface area contributed by atoms with E-state index >= 15 is 0 Å². The van der Waals surface area contributed by atoms with Crippen LogP contribution < -0.4 is 9.47 Å². The van der Waals surface area contributed by atoms with Gasteiger partial charge < -0.3 is 14.4 Å². The molecule has 0 bridgehead atoms. The molecular formula is C13H14BrNO3. The minimum Gasteiger partial charge on any atom is -0.454 e. The Hall–Kier alpha value is -1.23. The summed E-state index contributed by atoms with van der Waals surface area (Å²) in [5.41, 5.74) is 1.09. The molecule has 0 aliphatic carbocycles. The van der Waals surface area contributed by atoms with E-state index in [1.54, 1.807) is 0 Å². The fourth-order valence-electron chi connectivity index (χ4n) is 2.37. The van der Waals surface area contributed by atoms with Gasteiger partial charge in [0, 0.05) is 24.8 Å². The molecule has 1 saturated heterocycles. The summed E-state index contributed by atoms with van der Waals surface area (Å²) < 4.78 is 10.6. The van der Waals surface area contributed by atoms with E-state index < -0.39 is 0 Å². The molecule has 2 aliphatic rings. The zero-order valence-corrected chi connectivity index (χ0v) is 11.5. The summed E-state index contributed by atoms with van der Waals surface area (Å²) in [6.45, 7) is 1.77. The van der Waals surface area contributed by atoms with E-state index in [1.807, 2.05) is 23.1 Å². The maximum Gasteiger partial charge on any atom is 0.231 e. The Morgan fingerprint density at radius 1 is 1.33 bits per heavy atom. The molecule has 4 nitrogen and oxygen atoms in total. The number of ether oxygens (including phenoxy) is 2. The van der Waals surface area contributed by atoms with Crippen LogP contribution in [0.1, 0.15) is 12.0 Å². The summed E-state index contributed by atoms with van der Waals surface area (Å²) in [5.74, 6) is 2.23. The number of alkyl halides is 1. The Labute approximate surface area is 114 Å². The van der Waals surface area contributed by atoms with Gasteiger partial charge in [-0.25, -0.2) is 0 Å². The molecule has 1 amide bonds. The van der Waals surface area contributed by atoms with Crippen molar-refractivity contribution in [3.8, 4) is 11.5 Å². The lowest BCUT2D eigenvalue weighted by Gasteiger charge is -2.16. The number of fused-ring (bicyclic) bond motifs is 1. The van der Waals surface area contributed by atoms with E-state index in [9.17, 15) is 4.79 Å². The standard InChI is InChI=1S/C13H14BrNO3/c14-5-10-4-13(16)15(7-10)6-9-1-2-11-12(3-9)18-8-17-11/h1-3,10H,4-8H2. The van der Waals surface area contributed by atoms with Crippen molar-refractivity contribution in [3.05, 3.63) is 23.8 Å². The van der Waals surface area contributed by atoms with E-state index in [4.69, 9.17) is 9.47 Å². The molecule has 1 fully saturated rings. The molecule has 5 heteroatoms. The van der Waals surface area contributed by atoms with Gasteiger partial charge in [-0.1, -0.05) is 22.0 Å². The number of halogens is 1. The van der Waals surface area contributed by atoms with Gasteiger partial charge in [-0.3, -0.25) is 4.79 Å². The van der Waals surface area contributed by atoms with E-state index in [-0.39, 0.29) is 12.7 Å². The van der Waals surface area contributed by atoms with Gasteiger partial charge >= 0.3 is 0 Å². The predicted octanol–water partition coefficient (Wildman–Crippen LogP) is 2.16. The molecule has 3 rings (SSSR count). The van der Waals surface area contributed by atoms with E-state index in [1.165, 1.54) is 0 Å². The van der Waals surface area contributed by atoms with Crippen LogP contribution in [-0.2, 0) is 11.3 Å². The molecule has 0 spiro atoms. The van der Waals surface area contributed by atoms with Crippen molar-refractivity contribution >= 4 is 21.8 Å². The van der Waals surface area contributed by atoms with Crippen molar-refractivity contribution in [2.75, 3.05) is 18.7 Å². The minimum atomic E-state index is 0.233. The number of benzene rings is 1. The van der Waals surface area contributed by atoms with Gasteiger partial charge in [0.05, 0.1) is 0 Å². The van der Waals surface area contributed by atoms with E-state index in [0.717, 1.165) is 28.9 Å². The van der Waals surface area contributed by atoms with Crippen LogP contribution in [0, 0.1) is 5.92 Å². The summed E-state index contributed by atoms with van der Waals surface area (Å²) in [7, 11) is 0. The fraction of sp³-hybridized carbons (Fsp3) is 0.462. The number of likely N-dealkylation sites (tertiary alicyclic amines) is 1. The summed E-state index contributed by atoms with van der Waals surface area (Å²) in [6, 6.07) is 5.85. The van der Waals surface area contributed by atoms with E-state index in [0.29, 0.717) is 18.9 Å². The van der Waals surface area contributed by atoms with Crippen molar-refractivity contribution < 1.29 is 14.3 Å². The Morgan fingerprint density at radius 2 is 2.17 bits per heavy atom. The van der Waals surface area contributed by atoms with Gasteiger partial charge in [0.1, 0.15) is 0 Å². The molecule has 0 radical (unpaired) electrons. The molecule has 1 atom stereocenters. The first-order valence-corrected chi connectivity index (χ1v) is 7.10. The molecule has 1 aromatic rings. The van der Waals surface area contributed by atoms with Gasteiger partial charge in [-0.2, -0.15) is 0 Å². The second kappa shape index (κ2) is 4.80. The third-order valence-electron chi connectivity index (χ3n) is 3.32. The minimum absolute atomic E-state index is 0.233. The van der Waals surface area contributed by atoms with Crippen molar-refractivity contribution in [3.63, 3.8) is 0 Å². The first-order valence-electron chi connectivity index (χ1n) is 5.98. The average Bonchev–Trinajstić information content (AvgIpc) is 2.96. The molecule has 96 valence electrons. The van der Waals surface area contributed by atoms with Crippen LogP contribution in [0.15, 0.2) is 18.2 Å². The number of carbonyl (C=O) groups is 1. The third-order valence-corrected chi connectivity index (χ3v) is 4.24. The number of carbonyl (C=O) groups excluding carboxylic acids is 1. The van der Waals surface area contributed by atoms with Crippen LogP contribution in [0.4, 0.5) is 0 Å². The topological polar surface area (TPSA) is 38.8 Å². The molecule has 2 aliphatic heterocycles. The molecule has 18 heavy (non-hydrogen) atoms. The molecule has 0 N–H and O–H groups in total. The third kappa shape index (κ3) is 2.19. The molecule has 0 aromatic heterocycles. The highest BCUT2D eigenvalue weighted by molar-refractivity contribution is 9.09. The summed E-state index contributed by atoms with van der Waals surface area (Å²) in [6.07, 6.45) is 0.649. The maximum absolute atomic E-state index is 11.8. The van der Waals surface area contributed by atoms with Crippen LogP contribution >= 0.6 is 15.9 Å². The molecule has 2 heterocycles. The Morgan fingerprint density at radius 3 is 2.94 bits per heavy atom. The number of hydrogen-bond acceptors (Lipinski definition) is 3. The monoisotopic (exact) mass is 311 g/mol. The average molecular weight is 312 g/mol. The normalized spacial score (nSPS) is 21.7. The zero-order valence-electron chi connectivity index (χ0n) is 9.89. The number of nitrogens with zero attached hydrogens (tertiary/aromatic N) is 1. The lowest BCUT2D eigenvalue weighted by molar-refractivity contribution is -0.128. The van der Waals surface area contributed by atoms with Crippen LogP contribution in [0.25, 0.3) is 0 Å². The summed E-state index contributed by atoms with van der Waals surface area (Å²) in [5, 5.41) is 0.885. The van der Waals surface area contributed by atoms with Gasteiger partial charge in [0.15, 0.2) is 11.5 Å². The Bertz CT molecular complexity index is 477. The molecule has 1 unspecified atom stereocenters. The molecular weight excluding hydrogens is 298 g/mol.